The van der Waals surface area contributed by atoms with Gasteiger partial charge in [-0.15, -0.1) is 0 Å². The molecule has 0 heterocycles. The van der Waals surface area contributed by atoms with Crippen molar-refractivity contribution in [3.63, 3.8) is 0 Å². The quantitative estimate of drug-likeness (QED) is 0.512. The number of halogens is 3. The molecular weight excluding hydrogens is 305 g/mol. The lowest BCUT2D eigenvalue weighted by atomic mass is 10.2. The number of nitrogens with zero attached hydrogens (tertiary/aromatic N) is 1. The number of methoxy groups -OCH3 is 2. The van der Waals surface area contributed by atoms with E-state index in [2.05, 4.69) is 20.0 Å². The second-order valence-corrected chi connectivity index (χ2v) is 3.96. The minimum Gasteiger partial charge on any atom is -0.469 e. The lowest BCUT2D eigenvalue weighted by Gasteiger charge is -2.12. The largest absolute Gasteiger partial charge is 0.469 e. The van der Waals surface area contributed by atoms with Gasteiger partial charge in [0.25, 0.3) is 0 Å². The van der Waals surface area contributed by atoms with Gasteiger partial charge in [-0.25, -0.2) is 4.79 Å². The normalized spacial score (nSPS) is 11.8. The Kier molecular flexibility index (Phi) is 5.90. The van der Waals surface area contributed by atoms with E-state index in [1.54, 1.807) is 0 Å². The van der Waals surface area contributed by atoms with Crippen LogP contribution in [0.4, 0.5) is 18.9 Å². The summed E-state index contributed by atoms with van der Waals surface area (Å²) in [5.74, 6) is -1.74. The Labute approximate surface area is 123 Å². The molecule has 1 N–H and O–H groups in total. The molecular formula is C13H13F3N2O4. The number of hydrogen-bond acceptors (Lipinski definition) is 6. The summed E-state index contributed by atoms with van der Waals surface area (Å²) in [6.07, 6.45) is -5.13. The van der Waals surface area contributed by atoms with Crippen LogP contribution in [0, 0.1) is 0 Å². The van der Waals surface area contributed by atoms with Gasteiger partial charge in [0.05, 0.1) is 31.9 Å². The summed E-state index contributed by atoms with van der Waals surface area (Å²) in [7, 11) is 2.16. The molecule has 0 aliphatic carbocycles. The van der Waals surface area contributed by atoms with Crippen LogP contribution in [0.3, 0.4) is 0 Å². The van der Waals surface area contributed by atoms with Crippen molar-refractivity contribution in [1.82, 2.24) is 0 Å². The molecule has 0 aromatic heterocycles. The molecule has 0 saturated heterocycles. The molecule has 0 fully saturated rings. The van der Waals surface area contributed by atoms with Crippen LogP contribution in [0.5, 0.6) is 0 Å². The van der Waals surface area contributed by atoms with Crippen molar-refractivity contribution < 1.29 is 32.2 Å². The standard InChI is InChI=1S/C13H13F3N2O4/c1-21-11(19)7-10(12(20)22-2)18-17-9-6-4-3-5-8(9)13(14,15)16/h3-6,17H,7H2,1-2H3/b18-10+. The molecule has 0 aliphatic rings. The predicted molar refractivity (Wildman–Crippen MR) is 71.2 cm³/mol. The number of nitrogens with one attached hydrogen (secondary N) is 1. The van der Waals surface area contributed by atoms with Crippen LogP contribution in [0.1, 0.15) is 12.0 Å². The Bertz CT molecular complexity index is 585. The lowest BCUT2D eigenvalue weighted by Crippen LogP contribution is -2.22. The SMILES string of the molecule is COC(=O)C/C(=N\Nc1ccccc1C(F)(F)F)C(=O)OC. The number of benzene rings is 1. The van der Waals surface area contributed by atoms with Gasteiger partial charge in [-0.05, 0) is 12.1 Å². The smallest absolute Gasteiger partial charge is 0.418 e. The number of carbonyl (C=O) groups excluding carboxylic acids is 2. The summed E-state index contributed by atoms with van der Waals surface area (Å²) in [6, 6.07) is 4.58. The molecule has 120 valence electrons. The monoisotopic (exact) mass is 318 g/mol. The van der Waals surface area contributed by atoms with Gasteiger partial charge in [-0.2, -0.15) is 18.3 Å². The van der Waals surface area contributed by atoms with Crippen LogP contribution < -0.4 is 5.43 Å². The fourth-order valence-electron chi connectivity index (χ4n) is 1.44. The van der Waals surface area contributed by atoms with Crippen molar-refractivity contribution in [2.75, 3.05) is 19.6 Å². The zero-order valence-corrected chi connectivity index (χ0v) is 11.7. The van der Waals surface area contributed by atoms with Gasteiger partial charge in [0.15, 0.2) is 5.71 Å². The number of alkyl halides is 3. The molecule has 1 aromatic carbocycles. The number of hydrogen-bond donors (Lipinski definition) is 1. The summed E-state index contributed by atoms with van der Waals surface area (Å²) >= 11 is 0. The van der Waals surface area contributed by atoms with Crippen molar-refractivity contribution >= 4 is 23.3 Å². The molecule has 0 radical (unpaired) electrons. The zero-order valence-electron chi connectivity index (χ0n) is 11.7. The van der Waals surface area contributed by atoms with E-state index in [1.807, 2.05) is 0 Å². The molecule has 6 nitrogen and oxygen atoms in total. The van der Waals surface area contributed by atoms with E-state index in [9.17, 15) is 22.8 Å². The molecule has 9 heteroatoms. The van der Waals surface area contributed by atoms with E-state index < -0.39 is 35.8 Å². The van der Waals surface area contributed by atoms with Gasteiger partial charge in [0, 0.05) is 0 Å². The average Bonchev–Trinajstić information content (AvgIpc) is 2.49. The highest BCUT2D eigenvalue weighted by Crippen LogP contribution is 2.34. The Morgan fingerprint density at radius 1 is 1.18 bits per heavy atom. The van der Waals surface area contributed by atoms with Crippen LogP contribution in [0.2, 0.25) is 0 Å². The van der Waals surface area contributed by atoms with E-state index in [0.717, 1.165) is 26.4 Å². The second-order valence-electron chi connectivity index (χ2n) is 3.96. The molecule has 0 aliphatic heterocycles. The third-order valence-electron chi connectivity index (χ3n) is 2.50. The molecule has 0 unspecified atom stereocenters. The Hall–Kier alpha value is -2.58. The maximum atomic E-state index is 12.8. The highest BCUT2D eigenvalue weighted by Gasteiger charge is 2.33. The summed E-state index contributed by atoms with van der Waals surface area (Å²) in [6.45, 7) is 0. The van der Waals surface area contributed by atoms with Gasteiger partial charge in [0.2, 0.25) is 0 Å². The maximum absolute atomic E-state index is 12.8. The first-order chi connectivity index (χ1) is 10.3. The average molecular weight is 318 g/mol. The Morgan fingerprint density at radius 3 is 2.36 bits per heavy atom. The van der Waals surface area contributed by atoms with Crippen molar-refractivity contribution in [2.45, 2.75) is 12.6 Å². The zero-order chi connectivity index (χ0) is 16.8. The molecule has 0 amide bonds. The number of para-hydroxylation sites is 1. The third-order valence-corrected chi connectivity index (χ3v) is 2.50. The first kappa shape index (κ1) is 17.5. The van der Waals surface area contributed by atoms with Crippen LogP contribution in [-0.2, 0) is 25.2 Å². The van der Waals surface area contributed by atoms with E-state index in [0.29, 0.717) is 0 Å². The maximum Gasteiger partial charge on any atom is 0.418 e. The first-order valence-corrected chi connectivity index (χ1v) is 5.93. The number of rotatable bonds is 5. The topological polar surface area (TPSA) is 77.0 Å². The van der Waals surface area contributed by atoms with Crippen molar-refractivity contribution in [3.05, 3.63) is 29.8 Å². The van der Waals surface area contributed by atoms with Crippen LogP contribution in [0.25, 0.3) is 0 Å². The summed E-state index contributed by atoms with van der Waals surface area (Å²) < 4.78 is 47.2. The molecule has 0 saturated carbocycles. The highest BCUT2D eigenvalue weighted by molar-refractivity contribution is 6.39. The third kappa shape index (κ3) is 4.76. The second kappa shape index (κ2) is 7.43. The molecule has 1 aromatic rings. The molecule has 22 heavy (non-hydrogen) atoms. The number of esters is 2. The summed E-state index contributed by atoms with van der Waals surface area (Å²) in [5, 5.41) is 3.52. The number of hydrazone groups is 1. The Morgan fingerprint density at radius 2 is 1.82 bits per heavy atom. The van der Waals surface area contributed by atoms with Gasteiger partial charge >= 0.3 is 18.1 Å². The van der Waals surface area contributed by atoms with Crippen molar-refractivity contribution in [3.8, 4) is 0 Å². The fourth-order valence-corrected chi connectivity index (χ4v) is 1.44. The van der Waals surface area contributed by atoms with Crippen LogP contribution in [0.15, 0.2) is 29.4 Å². The minimum absolute atomic E-state index is 0.360. The first-order valence-electron chi connectivity index (χ1n) is 5.93. The van der Waals surface area contributed by atoms with Gasteiger partial charge < -0.3 is 9.47 Å². The van der Waals surface area contributed by atoms with Crippen LogP contribution in [-0.4, -0.2) is 31.9 Å². The highest BCUT2D eigenvalue weighted by atomic mass is 19.4. The van der Waals surface area contributed by atoms with Gasteiger partial charge in [0.1, 0.15) is 0 Å². The molecule has 0 spiro atoms. The Balaban J connectivity index is 3.05. The van der Waals surface area contributed by atoms with E-state index in [4.69, 9.17) is 0 Å². The molecule has 1 rings (SSSR count). The number of ether oxygens (including phenoxy) is 2. The predicted octanol–water partition coefficient (Wildman–Crippen LogP) is 2.21. The fraction of sp³-hybridized carbons (Fsp3) is 0.308. The molecule has 0 atom stereocenters. The number of anilines is 1. The van der Waals surface area contributed by atoms with Crippen molar-refractivity contribution in [2.24, 2.45) is 5.10 Å². The van der Waals surface area contributed by atoms with Gasteiger partial charge in [-0.3, -0.25) is 10.2 Å². The molecule has 0 bridgehead atoms. The van der Waals surface area contributed by atoms with E-state index in [-0.39, 0.29) is 5.69 Å². The van der Waals surface area contributed by atoms with Crippen molar-refractivity contribution in [1.29, 1.82) is 0 Å². The van der Waals surface area contributed by atoms with E-state index in [1.165, 1.54) is 12.1 Å². The van der Waals surface area contributed by atoms with Gasteiger partial charge in [-0.1, -0.05) is 12.1 Å². The summed E-state index contributed by atoms with van der Waals surface area (Å²) in [4.78, 5) is 22.6. The summed E-state index contributed by atoms with van der Waals surface area (Å²) in [5.41, 5.74) is 0.396. The van der Waals surface area contributed by atoms with Crippen LogP contribution >= 0.6 is 0 Å². The minimum atomic E-state index is -4.59. The number of carbonyl (C=O) groups is 2. The lowest BCUT2D eigenvalue weighted by molar-refractivity contribution is -0.140. The van der Waals surface area contributed by atoms with E-state index >= 15 is 0 Å².